The summed E-state index contributed by atoms with van der Waals surface area (Å²) in [6.45, 7) is 11.8. The number of ether oxygens (including phenoxy) is 1. The Morgan fingerprint density at radius 2 is 2.00 bits per heavy atom. The molecule has 0 unspecified atom stereocenters. The van der Waals surface area contributed by atoms with Crippen LogP contribution >= 0.6 is 0 Å². The molecule has 112 valence electrons. The Morgan fingerprint density at radius 3 is 2.70 bits per heavy atom. The van der Waals surface area contributed by atoms with E-state index in [9.17, 15) is 5.11 Å². The molecule has 1 heterocycles. The number of aryl methyl sites for hydroxylation is 1. The van der Waals surface area contributed by atoms with Gasteiger partial charge in [-0.15, -0.1) is 0 Å². The van der Waals surface area contributed by atoms with Crippen LogP contribution in [0.15, 0.2) is 18.2 Å². The summed E-state index contributed by atoms with van der Waals surface area (Å²) in [6, 6.07) is 5.72. The molecule has 20 heavy (non-hydrogen) atoms. The van der Waals surface area contributed by atoms with E-state index in [-0.39, 0.29) is 5.54 Å². The predicted octanol–water partition coefficient (Wildman–Crippen LogP) is 1.90. The summed E-state index contributed by atoms with van der Waals surface area (Å²) in [7, 11) is 0. The molecule has 0 spiro atoms. The highest BCUT2D eigenvalue weighted by Crippen LogP contribution is 2.19. The van der Waals surface area contributed by atoms with Gasteiger partial charge in [0.05, 0.1) is 13.2 Å². The predicted molar refractivity (Wildman–Crippen MR) is 81.0 cm³/mol. The van der Waals surface area contributed by atoms with Gasteiger partial charge in [-0.1, -0.05) is 17.7 Å². The normalized spacial score (nSPS) is 17.4. The molecule has 0 radical (unpaired) electrons. The summed E-state index contributed by atoms with van der Waals surface area (Å²) in [4.78, 5) is 2.46. The van der Waals surface area contributed by atoms with E-state index in [1.165, 1.54) is 5.56 Å². The van der Waals surface area contributed by atoms with Gasteiger partial charge in [-0.25, -0.2) is 0 Å². The van der Waals surface area contributed by atoms with Gasteiger partial charge in [-0.05, 0) is 26.8 Å². The number of rotatable bonds is 5. The lowest BCUT2D eigenvalue weighted by molar-refractivity contribution is -0.00967. The highest BCUT2D eigenvalue weighted by molar-refractivity contribution is 5.35. The SMILES string of the molecule is Cc1ccc(O)c(CNCC(C)(C)N2CCOCC2)c1. The fraction of sp³-hybridized carbons (Fsp3) is 0.625. The maximum atomic E-state index is 9.85. The highest BCUT2D eigenvalue weighted by atomic mass is 16.5. The van der Waals surface area contributed by atoms with Crippen molar-refractivity contribution in [2.45, 2.75) is 32.9 Å². The van der Waals surface area contributed by atoms with Crippen LogP contribution in [0.3, 0.4) is 0 Å². The fourth-order valence-electron chi connectivity index (χ4n) is 2.64. The summed E-state index contributed by atoms with van der Waals surface area (Å²) in [6.07, 6.45) is 0. The van der Waals surface area contributed by atoms with E-state index < -0.39 is 0 Å². The van der Waals surface area contributed by atoms with Gasteiger partial charge in [0.25, 0.3) is 0 Å². The minimum Gasteiger partial charge on any atom is -0.508 e. The number of benzene rings is 1. The van der Waals surface area contributed by atoms with Crippen molar-refractivity contribution in [1.82, 2.24) is 10.2 Å². The second-order valence-electron chi connectivity index (χ2n) is 6.15. The lowest BCUT2D eigenvalue weighted by Crippen LogP contribution is -2.54. The van der Waals surface area contributed by atoms with Crippen molar-refractivity contribution < 1.29 is 9.84 Å². The van der Waals surface area contributed by atoms with Crippen molar-refractivity contribution in [2.24, 2.45) is 0 Å². The van der Waals surface area contributed by atoms with E-state index in [0.717, 1.165) is 38.4 Å². The van der Waals surface area contributed by atoms with Gasteiger partial charge in [0.2, 0.25) is 0 Å². The van der Waals surface area contributed by atoms with Crippen LogP contribution in [0, 0.1) is 6.92 Å². The number of aromatic hydroxyl groups is 1. The van der Waals surface area contributed by atoms with Crippen LogP contribution in [0.25, 0.3) is 0 Å². The summed E-state index contributed by atoms with van der Waals surface area (Å²) in [5, 5.41) is 13.3. The second-order valence-corrected chi connectivity index (χ2v) is 6.15. The quantitative estimate of drug-likeness (QED) is 0.863. The Kier molecular flexibility index (Phi) is 5.02. The van der Waals surface area contributed by atoms with Crippen molar-refractivity contribution in [3.8, 4) is 5.75 Å². The molecule has 4 nitrogen and oxygen atoms in total. The van der Waals surface area contributed by atoms with Crippen molar-refractivity contribution in [3.05, 3.63) is 29.3 Å². The molecule has 4 heteroatoms. The van der Waals surface area contributed by atoms with E-state index in [1.54, 1.807) is 6.07 Å². The smallest absolute Gasteiger partial charge is 0.120 e. The summed E-state index contributed by atoms with van der Waals surface area (Å²) in [5.74, 6) is 0.368. The maximum Gasteiger partial charge on any atom is 0.120 e. The zero-order valence-electron chi connectivity index (χ0n) is 12.8. The van der Waals surface area contributed by atoms with E-state index in [2.05, 4.69) is 24.1 Å². The Morgan fingerprint density at radius 1 is 1.30 bits per heavy atom. The molecule has 0 bridgehead atoms. The number of morpholine rings is 1. The molecular weight excluding hydrogens is 252 g/mol. The number of phenolic OH excluding ortho intramolecular Hbond substituents is 1. The zero-order valence-corrected chi connectivity index (χ0v) is 12.8. The van der Waals surface area contributed by atoms with Gasteiger partial charge < -0.3 is 15.2 Å². The number of phenols is 1. The first kappa shape index (κ1) is 15.3. The third-order valence-corrected chi connectivity index (χ3v) is 3.98. The molecule has 0 saturated carbocycles. The Labute approximate surface area is 121 Å². The summed E-state index contributed by atoms with van der Waals surface area (Å²) < 4.78 is 5.40. The van der Waals surface area contributed by atoms with Crippen LogP contribution in [0.2, 0.25) is 0 Å². The number of nitrogens with zero attached hydrogens (tertiary/aromatic N) is 1. The molecule has 2 rings (SSSR count). The monoisotopic (exact) mass is 278 g/mol. The molecule has 0 amide bonds. The lowest BCUT2D eigenvalue weighted by Gasteiger charge is -2.41. The Bertz CT molecular complexity index is 440. The molecule has 0 aromatic heterocycles. The van der Waals surface area contributed by atoms with Gasteiger partial charge in [-0.3, -0.25) is 4.90 Å². The zero-order chi connectivity index (χ0) is 14.6. The molecule has 1 aromatic carbocycles. The third kappa shape index (κ3) is 3.95. The van der Waals surface area contributed by atoms with Crippen LogP contribution in [-0.4, -0.2) is 48.4 Å². The van der Waals surface area contributed by atoms with Crippen LogP contribution in [0.4, 0.5) is 0 Å². The minimum atomic E-state index is 0.100. The Hall–Kier alpha value is -1.10. The molecule has 0 atom stereocenters. The first-order valence-corrected chi connectivity index (χ1v) is 7.31. The molecular formula is C16H26N2O2. The molecule has 1 fully saturated rings. The fourth-order valence-corrected chi connectivity index (χ4v) is 2.64. The van der Waals surface area contributed by atoms with Crippen LogP contribution < -0.4 is 5.32 Å². The molecule has 1 saturated heterocycles. The molecule has 1 aromatic rings. The van der Waals surface area contributed by atoms with Crippen LogP contribution in [0.5, 0.6) is 5.75 Å². The Balaban J connectivity index is 1.86. The number of hydrogen-bond acceptors (Lipinski definition) is 4. The summed E-state index contributed by atoms with van der Waals surface area (Å²) >= 11 is 0. The van der Waals surface area contributed by atoms with E-state index in [4.69, 9.17) is 4.74 Å². The van der Waals surface area contributed by atoms with Crippen molar-refractivity contribution in [3.63, 3.8) is 0 Å². The molecule has 2 N–H and O–H groups in total. The van der Waals surface area contributed by atoms with Gasteiger partial charge >= 0.3 is 0 Å². The third-order valence-electron chi connectivity index (χ3n) is 3.98. The van der Waals surface area contributed by atoms with E-state index >= 15 is 0 Å². The largest absolute Gasteiger partial charge is 0.508 e. The van der Waals surface area contributed by atoms with Crippen LogP contribution in [0.1, 0.15) is 25.0 Å². The average molecular weight is 278 g/mol. The second kappa shape index (κ2) is 6.57. The minimum absolute atomic E-state index is 0.100. The van der Waals surface area contributed by atoms with E-state index in [0.29, 0.717) is 12.3 Å². The van der Waals surface area contributed by atoms with E-state index in [1.807, 2.05) is 19.1 Å². The first-order valence-electron chi connectivity index (χ1n) is 7.31. The van der Waals surface area contributed by atoms with Crippen LogP contribution in [-0.2, 0) is 11.3 Å². The molecule has 1 aliphatic heterocycles. The summed E-state index contributed by atoms with van der Waals surface area (Å²) in [5.41, 5.74) is 2.23. The highest BCUT2D eigenvalue weighted by Gasteiger charge is 2.27. The van der Waals surface area contributed by atoms with Gasteiger partial charge in [0, 0.05) is 37.3 Å². The average Bonchev–Trinajstić information content (AvgIpc) is 2.43. The number of hydrogen-bond donors (Lipinski definition) is 2. The first-order chi connectivity index (χ1) is 9.49. The van der Waals surface area contributed by atoms with Crippen molar-refractivity contribution in [2.75, 3.05) is 32.8 Å². The lowest BCUT2D eigenvalue weighted by atomic mass is 10.0. The van der Waals surface area contributed by atoms with Crippen molar-refractivity contribution >= 4 is 0 Å². The number of nitrogens with one attached hydrogen (secondary N) is 1. The maximum absolute atomic E-state index is 9.85. The standard InChI is InChI=1S/C16H26N2O2/c1-13-4-5-15(19)14(10-13)11-17-12-16(2,3)18-6-8-20-9-7-18/h4-5,10,17,19H,6-9,11-12H2,1-3H3. The molecule has 1 aliphatic rings. The van der Waals surface area contributed by atoms with Gasteiger partial charge in [0.1, 0.15) is 5.75 Å². The topological polar surface area (TPSA) is 44.7 Å². The van der Waals surface area contributed by atoms with Gasteiger partial charge in [-0.2, -0.15) is 0 Å². The van der Waals surface area contributed by atoms with Gasteiger partial charge in [0.15, 0.2) is 0 Å². The molecule has 0 aliphatic carbocycles. The van der Waals surface area contributed by atoms with Crippen molar-refractivity contribution in [1.29, 1.82) is 0 Å².